The summed E-state index contributed by atoms with van der Waals surface area (Å²) in [5.41, 5.74) is 3.80. The summed E-state index contributed by atoms with van der Waals surface area (Å²) in [6.07, 6.45) is 0.322. The lowest BCUT2D eigenvalue weighted by Crippen LogP contribution is -2.40. The molecule has 194 valence electrons. The van der Waals surface area contributed by atoms with Crippen LogP contribution in [-0.2, 0) is 16.4 Å². The van der Waals surface area contributed by atoms with Crippen molar-refractivity contribution in [1.29, 1.82) is 0 Å². The van der Waals surface area contributed by atoms with Gasteiger partial charge in [0.05, 0.1) is 28.5 Å². The van der Waals surface area contributed by atoms with E-state index >= 15 is 0 Å². The fourth-order valence-electron chi connectivity index (χ4n) is 5.63. The van der Waals surface area contributed by atoms with Crippen LogP contribution in [-0.4, -0.2) is 36.8 Å². The van der Waals surface area contributed by atoms with E-state index in [0.29, 0.717) is 35.3 Å². The SMILES string of the molecule is Cc1cc(C)c2oc3c(c(=O)c2c1)C(c1ccc(OCc2ccccc2)cc1)N(C1CCS(=O)(=O)C1)C3=O. The quantitative estimate of drug-likeness (QED) is 0.371. The minimum atomic E-state index is -3.27. The van der Waals surface area contributed by atoms with Gasteiger partial charge in [0.2, 0.25) is 5.76 Å². The van der Waals surface area contributed by atoms with Gasteiger partial charge in [0, 0.05) is 6.04 Å². The van der Waals surface area contributed by atoms with E-state index in [2.05, 4.69) is 0 Å². The molecular weight excluding hydrogens is 502 g/mol. The molecule has 3 aromatic carbocycles. The molecule has 0 N–H and O–H groups in total. The van der Waals surface area contributed by atoms with Crippen molar-refractivity contribution in [3.8, 4) is 5.75 Å². The Morgan fingerprint density at radius 3 is 2.42 bits per heavy atom. The monoisotopic (exact) mass is 529 g/mol. The molecule has 0 saturated carbocycles. The molecule has 0 bridgehead atoms. The van der Waals surface area contributed by atoms with E-state index in [0.717, 1.165) is 16.7 Å². The number of amides is 1. The highest BCUT2D eigenvalue weighted by Gasteiger charge is 2.48. The molecule has 0 radical (unpaired) electrons. The molecule has 1 aromatic heterocycles. The van der Waals surface area contributed by atoms with Crippen molar-refractivity contribution in [2.75, 3.05) is 11.5 Å². The predicted octanol–water partition coefficient (Wildman–Crippen LogP) is 4.72. The molecule has 38 heavy (non-hydrogen) atoms. The topological polar surface area (TPSA) is 93.9 Å². The van der Waals surface area contributed by atoms with Crippen molar-refractivity contribution in [2.45, 2.75) is 39.0 Å². The molecule has 2 aliphatic heterocycles. The smallest absolute Gasteiger partial charge is 0.291 e. The molecule has 0 spiro atoms. The van der Waals surface area contributed by atoms with Crippen LogP contribution in [0.4, 0.5) is 0 Å². The first-order valence-corrected chi connectivity index (χ1v) is 14.4. The van der Waals surface area contributed by atoms with Gasteiger partial charge in [-0.05, 0) is 60.7 Å². The Morgan fingerprint density at radius 2 is 1.74 bits per heavy atom. The molecule has 3 heterocycles. The number of hydrogen-bond donors (Lipinski definition) is 0. The van der Waals surface area contributed by atoms with Crippen LogP contribution in [0, 0.1) is 13.8 Å². The molecule has 2 unspecified atom stereocenters. The van der Waals surface area contributed by atoms with Gasteiger partial charge < -0.3 is 14.1 Å². The Hall–Kier alpha value is -3.91. The number of carbonyl (C=O) groups is 1. The second-order valence-corrected chi connectivity index (χ2v) is 12.4. The molecule has 4 aromatic rings. The number of nitrogens with zero attached hydrogens (tertiary/aromatic N) is 1. The fourth-order valence-corrected chi connectivity index (χ4v) is 7.34. The standard InChI is InChI=1S/C30H27NO6S/c1-18-14-19(2)28-24(15-18)27(32)25-26(31(30(33)29(25)37-28)22-12-13-38(34,35)17-22)21-8-10-23(11-9-21)36-16-20-6-4-3-5-7-20/h3-11,14-15,22,26H,12-13,16-17H2,1-2H3. The highest BCUT2D eigenvalue weighted by Crippen LogP contribution is 2.42. The second-order valence-electron chi connectivity index (χ2n) is 10.1. The minimum absolute atomic E-state index is 0.00634. The Morgan fingerprint density at radius 1 is 1.00 bits per heavy atom. The molecule has 7 nitrogen and oxygen atoms in total. The Labute approximate surface area is 220 Å². The van der Waals surface area contributed by atoms with Gasteiger partial charge in [0.25, 0.3) is 5.91 Å². The molecule has 8 heteroatoms. The number of benzene rings is 3. The maximum absolute atomic E-state index is 13.9. The van der Waals surface area contributed by atoms with Gasteiger partial charge in [-0.15, -0.1) is 0 Å². The second kappa shape index (κ2) is 9.13. The first-order valence-electron chi connectivity index (χ1n) is 12.6. The Balaban J connectivity index is 1.44. The van der Waals surface area contributed by atoms with Gasteiger partial charge in [0.1, 0.15) is 17.9 Å². The molecule has 1 fully saturated rings. The number of fused-ring (bicyclic) bond motifs is 2. The van der Waals surface area contributed by atoms with Crippen LogP contribution in [0.25, 0.3) is 11.0 Å². The maximum Gasteiger partial charge on any atom is 0.291 e. The summed E-state index contributed by atoms with van der Waals surface area (Å²) >= 11 is 0. The van der Waals surface area contributed by atoms with Crippen LogP contribution < -0.4 is 10.2 Å². The van der Waals surface area contributed by atoms with Crippen molar-refractivity contribution < 1.29 is 22.4 Å². The van der Waals surface area contributed by atoms with E-state index < -0.39 is 27.8 Å². The van der Waals surface area contributed by atoms with E-state index in [1.54, 1.807) is 23.1 Å². The average molecular weight is 530 g/mol. The highest BCUT2D eigenvalue weighted by atomic mass is 32.2. The zero-order valence-corrected chi connectivity index (χ0v) is 22.0. The normalized spacial score (nSPS) is 20.2. The van der Waals surface area contributed by atoms with Crippen molar-refractivity contribution >= 4 is 26.7 Å². The number of carbonyl (C=O) groups excluding carboxylic acids is 1. The molecule has 1 saturated heterocycles. The van der Waals surface area contributed by atoms with Gasteiger partial charge >= 0.3 is 0 Å². The van der Waals surface area contributed by atoms with Crippen molar-refractivity contribution in [2.24, 2.45) is 0 Å². The van der Waals surface area contributed by atoms with Gasteiger partial charge in [-0.1, -0.05) is 48.5 Å². The summed E-state index contributed by atoms with van der Waals surface area (Å²) in [5.74, 6) is 0.0729. The zero-order valence-electron chi connectivity index (χ0n) is 21.1. The molecule has 2 aliphatic rings. The third-order valence-corrected chi connectivity index (χ3v) is 9.13. The summed E-state index contributed by atoms with van der Waals surface area (Å²) in [5, 5.41) is 0.419. The molecule has 0 aliphatic carbocycles. The van der Waals surface area contributed by atoms with Crippen LogP contribution in [0.1, 0.15) is 50.8 Å². The van der Waals surface area contributed by atoms with Crippen molar-refractivity contribution in [1.82, 2.24) is 4.90 Å². The highest BCUT2D eigenvalue weighted by molar-refractivity contribution is 7.91. The van der Waals surface area contributed by atoms with Crippen LogP contribution in [0.5, 0.6) is 5.75 Å². The minimum Gasteiger partial charge on any atom is -0.489 e. The summed E-state index contributed by atoms with van der Waals surface area (Å²) < 4.78 is 36.8. The summed E-state index contributed by atoms with van der Waals surface area (Å²) in [6.45, 7) is 4.16. The van der Waals surface area contributed by atoms with Crippen molar-refractivity contribution in [3.63, 3.8) is 0 Å². The molecule has 2 atom stereocenters. The number of rotatable bonds is 5. The fraction of sp³-hybridized carbons (Fsp3) is 0.267. The lowest BCUT2D eigenvalue weighted by Gasteiger charge is -2.30. The van der Waals surface area contributed by atoms with Crippen LogP contribution in [0.3, 0.4) is 0 Å². The predicted molar refractivity (Wildman–Crippen MR) is 144 cm³/mol. The van der Waals surface area contributed by atoms with E-state index in [4.69, 9.17) is 9.15 Å². The first kappa shape index (κ1) is 24.4. The lowest BCUT2D eigenvalue weighted by atomic mass is 9.96. The average Bonchev–Trinajstić information content (AvgIpc) is 3.40. The van der Waals surface area contributed by atoms with Crippen molar-refractivity contribution in [3.05, 3.63) is 111 Å². The summed E-state index contributed by atoms with van der Waals surface area (Å²) in [6, 6.07) is 19.5. The van der Waals surface area contributed by atoms with Gasteiger partial charge in [-0.3, -0.25) is 9.59 Å². The number of aryl methyl sites for hydroxylation is 2. The third kappa shape index (κ3) is 4.19. The molecule has 6 rings (SSSR count). The number of hydrogen-bond acceptors (Lipinski definition) is 6. The van der Waals surface area contributed by atoms with E-state index in [1.165, 1.54) is 0 Å². The molecule has 1 amide bonds. The Kier molecular flexibility index (Phi) is 5.87. The van der Waals surface area contributed by atoms with Gasteiger partial charge in [0.15, 0.2) is 15.3 Å². The summed E-state index contributed by atoms with van der Waals surface area (Å²) in [7, 11) is -3.27. The van der Waals surface area contributed by atoms with E-state index in [9.17, 15) is 18.0 Å². The summed E-state index contributed by atoms with van der Waals surface area (Å²) in [4.78, 5) is 29.2. The third-order valence-electron chi connectivity index (χ3n) is 7.38. The van der Waals surface area contributed by atoms with Crippen LogP contribution in [0.2, 0.25) is 0 Å². The molecular formula is C30H27NO6S. The first-order chi connectivity index (χ1) is 18.2. The largest absolute Gasteiger partial charge is 0.489 e. The zero-order chi connectivity index (χ0) is 26.6. The Bertz CT molecular complexity index is 1730. The number of sulfone groups is 1. The lowest BCUT2D eigenvalue weighted by molar-refractivity contribution is 0.0662. The van der Waals surface area contributed by atoms with Crippen LogP contribution in [0.15, 0.2) is 75.9 Å². The van der Waals surface area contributed by atoms with E-state index in [-0.39, 0.29) is 28.3 Å². The van der Waals surface area contributed by atoms with Gasteiger partial charge in [-0.2, -0.15) is 0 Å². The van der Waals surface area contributed by atoms with Gasteiger partial charge in [-0.25, -0.2) is 8.42 Å². The maximum atomic E-state index is 13.9. The number of ether oxygens (including phenoxy) is 1. The van der Waals surface area contributed by atoms with E-state index in [1.807, 2.05) is 62.4 Å². The van der Waals surface area contributed by atoms with Crippen LogP contribution >= 0.6 is 0 Å².